The summed E-state index contributed by atoms with van der Waals surface area (Å²) >= 11 is 0. The zero-order chi connectivity index (χ0) is 18.3. The van der Waals surface area contributed by atoms with Crippen LogP contribution in [0.3, 0.4) is 0 Å². The zero-order valence-corrected chi connectivity index (χ0v) is 15.4. The highest BCUT2D eigenvalue weighted by Gasteiger charge is 2.38. The summed E-state index contributed by atoms with van der Waals surface area (Å²) in [6, 6.07) is 16.8. The second-order valence-electron chi connectivity index (χ2n) is 5.32. The summed E-state index contributed by atoms with van der Waals surface area (Å²) in [5.74, 6) is -0.0123. The Kier molecular flexibility index (Phi) is 6.76. The topological polar surface area (TPSA) is 99.9 Å². The summed E-state index contributed by atoms with van der Waals surface area (Å²) in [7, 11) is -3.40. The number of guanidine groups is 1. The van der Waals surface area contributed by atoms with E-state index in [0.717, 1.165) is 11.1 Å². The number of nitrogens with zero attached hydrogens (tertiary/aromatic N) is 1. The molecule has 1 unspecified atom stereocenters. The molecule has 0 saturated heterocycles. The van der Waals surface area contributed by atoms with Crippen molar-refractivity contribution in [2.75, 3.05) is 13.2 Å². The molecule has 2 rings (SSSR count). The molecule has 0 saturated carbocycles. The van der Waals surface area contributed by atoms with Crippen molar-refractivity contribution in [3.05, 3.63) is 65.7 Å². The van der Waals surface area contributed by atoms with Crippen LogP contribution in [0.1, 0.15) is 30.6 Å². The van der Waals surface area contributed by atoms with Gasteiger partial charge in [0.2, 0.25) is 0 Å². The maximum Gasteiger partial charge on any atom is 0.342 e. The molecule has 7 heteroatoms. The Hall–Kier alpha value is -2.14. The van der Waals surface area contributed by atoms with Crippen LogP contribution in [0.2, 0.25) is 0 Å². The van der Waals surface area contributed by atoms with Crippen molar-refractivity contribution < 1.29 is 13.6 Å². The summed E-state index contributed by atoms with van der Waals surface area (Å²) in [5.41, 5.74) is 12.6. The largest absolute Gasteiger partial charge is 0.370 e. The van der Waals surface area contributed by atoms with Gasteiger partial charge in [-0.15, -0.1) is 0 Å². The van der Waals surface area contributed by atoms with Crippen molar-refractivity contribution in [3.8, 4) is 0 Å². The van der Waals surface area contributed by atoms with Gasteiger partial charge in [0, 0.05) is 0 Å². The minimum absolute atomic E-state index is 0.0123. The fourth-order valence-electron chi connectivity index (χ4n) is 2.62. The highest BCUT2D eigenvalue weighted by molar-refractivity contribution is 7.54. The third-order valence-electron chi connectivity index (χ3n) is 3.52. The van der Waals surface area contributed by atoms with E-state index in [4.69, 9.17) is 20.5 Å². The fourth-order valence-corrected chi connectivity index (χ4v) is 4.79. The van der Waals surface area contributed by atoms with Crippen LogP contribution in [0.15, 0.2) is 59.6 Å². The molecule has 134 valence electrons. The minimum atomic E-state index is -3.40. The van der Waals surface area contributed by atoms with E-state index in [0.29, 0.717) is 18.9 Å². The van der Waals surface area contributed by atoms with E-state index in [9.17, 15) is 4.57 Å². The van der Waals surface area contributed by atoms with E-state index >= 15 is 0 Å². The van der Waals surface area contributed by atoms with Gasteiger partial charge in [-0.2, -0.15) is 0 Å². The zero-order valence-electron chi connectivity index (χ0n) is 14.5. The predicted molar refractivity (Wildman–Crippen MR) is 101 cm³/mol. The van der Waals surface area contributed by atoms with Crippen LogP contribution in [0.4, 0.5) is 5.69 Å². The first-order chi connectivity index (χ1) is 12.0. The van der Waals surface area contributed by atoms with Crippen LogP contribution < -0.4 is 11.5 Å². The van der Waals surface area contributed by atoms with Crippen LogP contribution in [0.5, 0.6) is 0 Å². The molecule has 0 aliphatic heterocycles. The maximum atomic E-state index is 13.5. The van der Waals surface area contributed by atoms with Crippen LogP contribution in [-0.2, 0) is 13.6 Å². The Morgan fingerprint density at radius 3 is 1.96 bits per heavy atom. The molecule has 2 aromatic carbocycles. The third-order valence-corrected chi connectivity index (χ3v) is 5.98. The number of benzene rings is 2. The number of nitrogens with two attached hydrogens (primary N) is 2. The number of aliphatic imine (C=N–C) groups is 1. The van der Waals surface area contributed by atoms with Crippen LogP contribution in [0.25, 0.3) is 0 Å². The van der Waals surface area contributed by atoms with Crippen molar-refractivity contribution in [3.63, 3.8) is 0 Å². The van der Waals surface area contributed by atoms with E-state index in [1.165, 1.54) is 0 Å². The minimum Gasteiger partial charge on any atom is -0.370 e. The lowest BCUT2D eigenvalue weighted by Crippen LogP contribution is -2.21. The molecule has 0 aliphatic rings. The van der Waals surface area contributed by atoms with Crippen LogP contribution in [0, 0.1) is 0 Å². The Bertz CT molecular complexity index is 734. The predicted octanol–water partition coefficient (Wildman–Crippen LogP) is 3.95. The van der Waals surface area contributed by atoms with Gasteiger partial charge in [-0.3, -0.25) is 4.57 Å². The van der Waals surface area contributed by atoms with E-state index < -0.39 is 13.3 Å². The lowest BCUT2D eigenvalue weighted by molar-refractivity contribution is 0.215. The Morgan fingerprint density at radius 2 is 1.48 bits per heavy atom. The summed E-state index contributed by atoms with van der Waals surface area (Å²) < 4.78 is 24.7. The van der Waals surface area contributed by atoms with Gasteiger partial charge in [0.15, 0.2) is 5.96 Å². The summed E-state index contributed by atoms with van der Waals surface area (Å²) in [4.78, 5) is 4.01. The molecule has 0 radical (unpaired) electrons. The molecule has 4 N–H and O–H groups in total. The molecule has 0 aromatic heterocycles. The lowest BCUT2D eigenvalue weighted by atomic mass is 10.0. The average molecular weight is 361 g/mol. The van der Waals surface area contributed by atoms with Crippen molar-refractivity contribution in [1.29, 1.82) is 0 Å². The molecule has 0 fully saturated rings. The second kappa shape index (κ2) is 8.81. The van der Waals surface area contributed by atoms with Gasteiger partial charge in [0.25, 0.3) is 0 Å². The van der Waals surface area contributed by atoms with E-state index in [1.54, 1.807) is 26.0 Å². The van der Waals surface area contributed by atoms with Crippen LogP contribution >= 0.6 is 7.60 Å². The van der Waals surface area contributed by atoms with Crippen molar-refractivity contribution in [2.45, 2.75) is 19.5 Å². The first kappa shape index (κ1) is 19.2. The first-order valence-electron chi connectivity index (χ1n) is 8.13. The molecule has 0 bridgehead atoms. The smallest absolute Gasteiger partial charge is 0.342 e. The van der Waals surface area contributed by atoms with Gasteiger partial charge in [0.1, 0.15) is 5.66 Å². The molecule has 0 heterocycles. The van der Waals surface area contributed by atoms with Gasteiger partial charge < -0.3 is 20.5 Å². The Balaban J connectivity index is 2.52. The molecule has 1 atom stereocenters. The van der Waals surface area contributed by atoms with Gasteiger partial charge in [-0.05, 0) is 37.1 Å². The SMILES string of the molecule is CCOP(=O)(OCC)C(c1ccccc1)c1ccc(N=C(N)N)cc1. The average Bonchev–Trinajstić information content (AvgIpc) is 2.57. The normalized spacial score (nSPS) is 12.6. The quantitative estimate of drug-likeness (QED) is 0.421. The molecular formula is C18H24N3O3P. The highest BCUT2D eigenvalue weighted by atomic mass is 31.2. The third kappa shape index (κ3) is 4.92. The Morgan fingerprint density at radius 1 is 0.960 bits per heavy atom. The second-order valence-corrected chi connectivity index (χ2v) is 7.43. The molecule has 0 aliphatic carbocycles. The summed E-state index contributed by atoms with van der Waals surface area (Å²) in [5, 5.41) is 0. The Labute approximate surface area is 148 Å². The standard InChI is InChI=1S/C18H24N3O3P/c1-3-23-25(22,24-4-2)17(14-8-6-5-7-9-14)15-10-12-16(13-11-15)21-18(19)20/h5-13,17H,3-4H2,1-2H3,(H4,19,20,21). The number of hydrogen-bond acceptors (Lipinski definition) is 4. The molecular weight excluding hydrogens is 337 g/mol. The fraction of sp³-hybridized carbons (Fsp3) is 0.278. The van der Waals surface area contributed by atoms with E-state index in [-0.39, 0.29) is 5.96 Å². The van der Waals surface area contributed by atoms with Gasteiger partial charge in [0.05, 0.1) is 18.9 Å². The van der Waals surface area contributed by atoms with E-state index in [2.05, 4.69) is 4.99 Å². The molecule has 6 nitrogen and oxygen atoms in total. The molecule has 0 amide bonds. The number of hydrogen-bond donors (Lipinski definition) is 2. The van der Waals surface area contributed by atoms with Gasteiger partial charge >= 0.3 is 7.60 Å². The highest BCUT2D eigenvalue weighted by Crippen LogP contribution is 2.63. The van der Waals surface area contributed by atoms with Crippen LogP contribution in [-0.4, -0.2) is 19.2 Å². The molecule has 2 aromatic rings. The first-order valence-corrected chi connectivity index (χ1v) is 9.74. The lowest BCUT2D eigenvalue weighted by Gasteiger charge is -2.27. The molecule has 0 spiro atoms. The summed E-state index contributed by atoms with van der Waals surface area (Å²) in [6.45, 7) is 4.20. The monoisotopic (exact) mass is 361 g/mol. The van der Waals surface area contributed by atoms with Crippen molar-refractivity contribution in [1.82, 2.24) is 0 Å². The number of rotatable bonds is 8. The summed E-state index contributed by atoms with van der Waals surface area (Å²) in [6.07, 6.45) is 0. The van der Waals surface area contributed by atoms with Gasteiger partial charge in [-0.25, -0.2) is 4.99 Å². The maximum absolute atomic E-state index is 13.5. The van der Waals surface area contributed by atoms with Crippen molar-refractivity contribution >= 4 is 19.2 Å². The van der Waals surface area contributed by atoms with E-state index in [1.807, 2.05) is 42.5 Å². The van der Waals surface area contributed by atoms with Crippen molar-refractivity contribution in [2.24, 2.45) is 16.5 Å². The molecule has 25 heavy (non-hydrogen) atoms. The van der Waals surface area contributed by atoms with Gasteiger partial charge in [-0.1, -0.05) is 42.5 Å².